The molecule has 0 atom stereocenters. The van der Waals surface area contributed by atoms with Crippen molar-refractivity contribution in [3.63, 3.8) is 0 Å². The number of benzene rings is 2. The molecule has 0 aliphatic rings. The monoisotopic (exact) mass is 408 g/mol. The highest BCUT2D eigenvalue weighted by Crippen LogP contribution is 2.19. The SMILES string of the molecule is O=C(OCc1cc(=O)n2cc(Br)ccc2n1)c1cccc2ccccc12. The molecule has 5 nitrogen and oxygen atoms in total. The van der Waals surface area contributed by atoms with Gasteiger partial charge in [-0.3, -0.25) is 9.20 Å². The van der Waals surface area contributed by atoms with Crippen LogP contribution in [0.4, 0.5) is 0 Å². The maximum Gasteiger partial charge on any atom is 0.339 e. The number of nitrogens with zero attached hydrogens (tertiary/aromatic N) is 2. The van der Waals surface area contributed by atoms with Crippen LogP contribution in [0.25, 0.3) is 16.4 Å². The summed E-state index contributed by atoms with van der Waals surface area (Å²) in [6.45, 7) is -0.0656. The summed E-state index contributed by atoms with van der Waals surface area (Å²) >= 11 is 3.32. The van der Waals surface area contributed by atoms with E-state index in [2.05, 4.69) is 20.9 Å². The molecule has 6 heteroatoms. The predicted molar refractivity (Wildman–Crippen MR) is 102 cm³/mol. The number of hydrogen-bond acceptors (Lipinski definition) is 4. The average molecular weight is 409 g/mol. The first kappa shape index (κ1) is 16.5. The number of rotatable bonds is 3. The summed E-state index contributed by atoms with van der Waals surface area (Å²) in [6, 6.07) is 18.0. The summed E-state index contributed by atoms with van der Waals surface area (Å²) in [5.41, 5.74) is 1.17. The summed E-state index contributed by atoms with van der Waals surface area (Å²) in [4.78, 5) is 29.1. The average Bonchev–Trinajstić information content (AvgIpc) is 2.66. The Kier molecular flexibility index (Phi) is 4.26. The molecule has 0 N–H and O–H groups in total. The Hall–Kier alpha value is -2.99. The van der Waals surface area contributed by atoms with Gasteiger partial charge in [-0.2, -0.15) is 0 Å². The fraction of sp³-hybridized carbons (Fsp3) is 0.0500. The molecular formula is C20H13BrN2O3. The zero-order valence-corrected chi connectivity index (χ0v) is 15.1. The van der Waals surface area contributed by atoms with E-state index in [1.54, 1.807) is 24.4 Å². The minimum absolute atomic E-state index is 0.0656. The van der Waals surface area contributed by atoms with E-state index in [1.807, 2.05) is 36.4 Å². The van der Waals surface area contributed by atoms with Crippen molar-refractivity contribution in [2.24, 2.45) is 0 Å². The molecular weight excluding hydrogens is 396 g/mol. The number of fused-ring (bicyclic) bond motifs is 2. The Morgan fingerprint density at radius 2 is 1.88 bits per heavy atom. The van der Waals surface area contributed by atoms with Crippen molar-refractivity contribution in [1.29, 1.82) is 0 Å². The van der Waals surface area contributed by atoms with Gasteiger partial charge in [0.25, 0.3) is 5.56 Å². The maximum absolute atomic E-state index is 12.5. The van der Waals surface area contributed by atoms with Gasteiger partial charge in [0, 0.05) is 16.7 Å². The summed E-state index contributed by atoms with van der Waals surface area (Å²) in [5.74, 6) is -0.445. The van der Waals surface area contributed by atoms with Gasteiger partial charge in [0.05, 0.1) is 11.3 Å². The lowest BCUT2D eigenvalue weighted by atomic mass is 10.1. The van der Waals surface area contributed by atoms with Crippen LogP contribution in [0.5, 0.6) is 0 Å². The van der Waals surface area contributed by atoms with Gasteiger partial charge in [-0.05, 0) is 44.9 Å². The van der Waals surface area contributed by atoms with Crippen molar-refractivity contribution in [3.05, 3.63) is 92.9 Å². The molecule has 4 rings (SSSR count). The van der Waals surface area contributed by atoms with Crippen LogP contribution in [0.15, 0.2) is 76.1 Å². The molecule has 26 heavy (non-hydrogen) atoms. The third kappa shape index (κ3) is 3.11. The summed E-state index contributed by atoms with van der Waals surface area (Å²) < 4.78 is 7.60. The third-order valence-corrected chi connectivity index (χ3v) is 4.51. The number of aromatic nitrogens is 2. The molecule has 0 saturated heterocycles. The molecule has 0 unspecified atom stereocenters. The Labute approximate surface area is 157 Å². The van der Waals surface area contributed by atoms with E-state index in [0.717, 1.165) is 15.2 Å². The van der Waals surface area contributed by atoms with Gasteiger partial charge in [-0.25, -0.2) is 9.78 Å². The van der Waals surface area contributed by atoms with E-state index in [9.17, 15) is 9.59 Å². The molecule has 0 saturated carbocycles. The second-order valence-electron chi connectivity index (χ2n) is 5.76. The Bertz CT molecular complexity index is 1200. The van der Waals surface area contributed by atoms with Crippen molar-refractivity contribution in [1.82, 2.24) is 9.38 Å². The molecule has 0 radical (unpaired) electrons. The highest BCUT2D eigenvalue weighted by Gasteiger charge is 2.12. The van der Waals surface area contributed by atoms with Crippen molar-refractivity contribution >= 4 is 38.3 Å². The van der Waals surface area contributed by atoms with Crippen molar-refractivity contribution < 1.29 is 9.53 Å². The van der Waals surface area contributed by atoms with E-state index in [4.69, 9.17) is 4.74 Å². The molecule has 0 bridgehead atoms. The van der Waals surface area contributed by atoms with Gasteiger partial charge in [0.15, 0.2) is 0 Å². The number of halogens is 1. The zero-order chi connectivity index (χ0) is 18.1. The number of pyridine rings is 1. The minimum Gasteiger partial charge on any atom is -0.456 e. The van der Waals surface area contributed by atoms with Crippen molar-refractivity contribution in [2.75, 3.05) is 0 Å². The standard InChI is InChI=1S/C20H13BrN2O3/c21-14-8-9-18-22-15(10-19(24)23(18)11-14)12-26-20(25)17-7-3-5-13-4-1-2-6-16(13)17/h1-11H,12H2. The minimum atomic E-state index is -0.445. The fourth-order valence-electron chi connectivity index (χ4n) is 2.82. The lowest BCUT2D eigenvalue weighted by Gasteiger charge is -2.08. The first-order chi connectivity index (χ1) is 12.6. The first-order valence-corrected chi connectivity index (χ1v) is 8.74. The number of hydrogen-bond donors (Lipinski definition) is 0. The van der Waals surface area contributed by atoms with Crippen LogP contribution in [0.2, 0.25) is 0 Å². The molecule has 0 spiro atoms. The van der Waals surface area contributed by atoms with E-state index >= 15 is 0 Å². The molecule has 0 amide bonds. The van der Waals surface area contributed by atoms with Crippen LogP contribution in [0.3, 0.4) is 0 Å². The lowest BCUT2D eigenvalue weighted by molar-refractivity contribution is 0.0470. The molecule has 128 valence electrons. The highest BCUT2D eigenvalue weighted by molar-refractivity contribution is 9.10. The number of carbonyl (C=O) groups is 1. The Morgan fingerprint density at radius 3 is 2.77 bits per heavy atom. The summed E-state index contributed by atoms with van der Waals surface area (Å²) in [5, 5.41) is 1.80. The zero-order valence-electron chi connectivity index (χ0n) is 13.6. The van der Waals surface area contributed by atoms with Crippen LogP contribution in [0, 0.1) is 0 Å². The Balaban J connectivity index is 1.60. The molecule has 0 fully saturated rings. The summed E-state index contributed by atoms with van der Waals surface area (Å²) in [6.07, 6.45) is 1.65. The topological polar surface area (TPSA) is 60.7 Å². The lowest BCUT2D eigenvalue weighted by Crippen LogP contribution is -2.16. The van der Waals surface area contributed by atoms with E-state index < -0.39 is 5.97 Å². The van der Waals surface area contributed by atoms with E-state index in [1.165, 1.54) is 10.5 Å². The number of ether oxygens (including phenoxy) is 1. The second kappa shape index (κ2) is 6.72. The highest BCUT2D eigenvalue weighted by atomic mass is 79.9. The molecule has 2 heterocycles. The van der Waals surface area contributed by atoms with Gasteiger partial charge in [-0.1, -0.05) is 36.4 Å². The quantitative estimate of drug-likeness (QED) is 0.481. The number of carbonyl (C=O) groups excluding carboxylic acids is 1. The number of esters is 1. The fourth-order valence-corrected chi connectivity index (χ4v) is 3.16. The molecule has 0 aliphatic heterocycles. The molecule has 0 aliphatic carbocycles. The smallest absolute Gasteiger partial charge is 0.339 e. The summed E-state index contributed by atoms with van der Waals surface area (Å²) in [7, 11) is 0. The molecule has 2 aromatic heterocycles. The van der Waals surface area contributed by atoms with Crippen molar-refractivity contribution in [3.8, 4) is 0 Å². The molecule has 4 aromatic rings. The van der Waals surface area contributed by atoms with Crippen LogP contribution >= 0.6 is 15.9 Å². The normalized spacial score (nSPS) is 11.0. The van der Waals surface area contributed by atoms with E-state index in [0.29, 0.717) is 16.9 Å². The van der Waals surface area contributed by atoms with Crippen LogP contribution in [0.1, 0.15) is 16.1 Å². The maximum atomic E-state index is 12.5. The van der Waals surface area contributed by atoms with Gasteiger partial charge in [0.2, 0.25) is 0 Å². The van der Waals surface area contributed by atoms with Gasteiger partial charge >= 0.3 is 5.97 Å². The molecule has 2 aromatic carbocycles. The van der Waals surface area contributed by atoms with E-state index in [-0.39, 0.29) is 12.2 Å². The van der Waals surface area contributed by atoms with Gasteiger partial charge < -0.3 is 4.74 Å². The largest absolute Gasteiger partial charge is 0.456 e. The van der Waals surface area contributed by atoms with Crippen molar-refractivity contribution in [2.45, 2.75) is 6.61 Å². The first-order valence-electron chi connectivity index (χ1n) is 7.94. The van der Waals surface area contributed by atoms with Crippen LogP contribution < -0.4 is 5.56 Å². The van der Waals surface area contributed by atoms with Gasteiger partial charge in [0.1, 0.15) is 12.3 Å². The Morgan fingerprint density at radius 1 is 1.08 bits per heavy atom. The second-order valence-corrected chi connectivity index (χ2v) is 6.68. The van der Waals surface area contributed by atoms with Gasteiger partial charge in [-0.15, -0.1) is 0 Å². The predicted octanol–water partition coefficient (Wildman–Crippen LogP) is 3.97. The third-order valence-electron chi connectivity index (χ3n) is 4.04. The van der Waals surface area contributed by atoms with Crippen LogP contribution in [-0.4, -0.2) is 15.4 Å². The van der Waals surface area contributed by atoms with Crippen LogP contribution in [-0.2, 0) is 11.3 Å².